The molecule has 0 N–H and O–H groups in total. The number of Topliss-reactive ketones (excluding diaryl/α,β-unsaturated/α-hetero) is 1. The number of fused-ring (bicyclic) bond motifs is 1. The van der Waals surface area contributed by atoms with Gasteiger partial charge in [-0.25, -0.2) is 0 Å². The second-order valence-electron chi connectivity index (χ2n) is 9.13. The fraction of sp³-hybridized carbons (Fsp3) is 0.310. The molecule has 0 radical (unpaired) electrons. The lowest BCUT2D eigenvalue weighted by Crippen LogP contribution is -2.36. The molecule has 0 atom stereocenters. The van der Waals surface area contributed by atoms with Crippen LogP contribution in [0.1, 0.15) is 32.8 Å². The van der Waals surface area contributed by atoms with E-state index in [1.807, 2.05) is 72.8 Å². The molecule has 6 nitrogen and oxygen atoms in total. The van der Waals surface area contributed by atoms with E-state index in [1.54, 1.807) is 20.8 Å². The van der Waals surface area contributed by atoms with Gasteiger partial charge in [-0.2, -0.15) is 4.98 Å². The van der Waals surface area contributed by atoms with Crippen LogP contribution in [-0.2, 0) is 11.2 Å². The summed E-state index contributed by atoms with van der Waals surface area (Å²) in [4.78, 5) is 18.7. The average Bonchev–Trinajstić information content (AvgIpc) is 3.29. The van der Waals surface area contributed by atoms with Gasteiger partial charge in [0.05, 0.1) is 6.54 Å². The number of ether oxygens (including phenoxy) is 2. The number of para-hydroxylation sites is 3. The van der Waals surface area contributed by atoms with Gasteiger partial charge in [0.1, 0.15) is 23.6 Å². The topological polar surface area (TPSA) is 64.8 Å². The quantitative estimate of drug-likeness (QED) is 0.212. The van der Waals surface area contributed by atoms with E-state index < -0.39 is 5.60 Å². The number of oxazole rings is 1. The highest BCUT2D eigenvalue weighted by atomic mass is 35.5. The molecular weight excluding hydrogens is 476 g/mol. The van der Waals surface area contributed by atoms with Crippen molar-refractivity contribution in [2.45, 2.75) is 39.2 Å². The zero-order valence-corrected chi connectivity index (χ0v) is 21.6. The van der Waals surface area contributed by atoms with Crippen molar-refractivity contribution in [1.82, 2.24) is 4.98 Å². The molecule has 3 aromatic carbocycles. The van der Waals surface area contributed by atoms with Crippen molar-refractivity contribution in [2.75, 3.05) is 24.6 Å². The minimum atomic E-state index is -0.876. The largest absolute Gasteiger partial charge is 0.492 e. The van der Waals surface area contributed by atoms with Crippen LogP contribution in [0, 0.1) is 0 Å². The standard InChI is InChI=1S/C29H31ClN2O4/c1-21(33)29(2,3)36-26-12-6-4-9-22(26)10-8-18-32(19-20-34-24-16-14-23(30)15-17-24)28-31-25-11-5-7-13-27(25)35-28/h4-7,9,11-17H,8,10,18-20H2,1-3H3. The van der Waals surface area contributed by atoms with E-state index in [0.717, 1.165) is 41.0 Å². The van der Waals surface area contributed by atoms with Crippen molar-refractivity contribution in [1.29, 1.82) is 0 Å². The van der Waals surface area contributed by atoms with Gasteiger partial charge in [-0.3, -0.25) is 4.79 Å². The fourth-order valence-corrected chi connectivity index (χ4v) is 3.85. The minimum absolute atomic E-state index is 0.0138. The van der Waals surface area contributed by atoms with Gasteiger partial charge in [0.15, 0.2) is 17.0 Å². The van der Waals surface area contributed by atoms with Gasteiger partial charge >= 0.3 is 0 Å². The minimum Gasteiger partial charge on any atom is -0.492 e. The van der Waals surface area contributed by atoms with E-state index in [2.05, 4.69) is 9.88 Å². The number of halogens is 1. The van der Waals surface area contributed by atoms with Crippen LogP contribution >= 0.6 is 11.6 Å². The first kappa shape index (κ1) is 25.6. The van der Waals surface area contributed by atoms with Crippen molar-refractivity contribution >= 4 is 34.5 Å². The number of hydrogen-bond acceptors (Lipinski definition) is 6. The molecule has 4 rings (SSSR count). The van der Waals surface area contributed by atoms with Gasteiger partial charge in [-0.1, -0.05) is 41.9 Å². The predicted octanol–water partition coefficient (Wildman–Crippen LogP) is 6.75. The molecule has 0 bridgehead atoms. The third-order valence-corrected chi connectivity index (χ3v) is 6.31. The Morgan fingerprint density at radius 2 is 1.72 bits per heavy atom. The number of carbonyl (C=O) groups excluding carboxylic acids is 1. The number of carbonyl (C=O) groups is 1. The van der Waals surface area contributed by atoms with E-state index in [4.69, 9.17) is 25.5 Å². The number of aromatic nitrogens is 1. The van der Waals surface area contributed by atoms with E-state index in [9.17, 15) is 4.79 Å². The summed E-state index contributed by atoms with van der Waals surface area (Å²) in [6, 6.07) is 23.5. The van der Waals surface area contributed by atoms with E-state index in [0.29, 0.717) is 30.7 Å². The predicted molar refractivity (Wildman–Crippen MR) is 143 cm³/mol. The van der Waals surface area contributed by atoms with Crippen LogP contribution in [0.15, 0.2) is 77.2 Å². The second kappa shape index (κ2) is 11.5. The number of benzene rings is 3. The first-order chi connectivity index (χ1) is 17.3. The van der Waals surface area contributed by atoms with Gasteiger partial charge in [-0.05, 0) is 81.6 Å². The van der Waals surface area contributed by atoms with Crippen LogP contribution in [0.4, 0.5) is 6.01 Å². The van der Waals surface area contributed by atoms with Gasteiger partial charge in [0, 0.05) is 11.6 Å². The first-order valence-electron chi connectivity index (χ1n) is 12.1. The number of anilines is 1. The molecule has 0 fully saturated rings. The molecule has 1 heterocycles. The summed E-state index contributed by atoms with van der Waals surface area (Å²) < 4.78 is 18.0. The van der Waals surface area contributed by atoms with Crippen LogP contribution in [0.3, 0.4) is 0 Å². The van der Waals surface area contributed by atoms with Crippen LogP contribution < -0.4 is 14.4 Å². The maximum atomic E-state index is 12.0. The van der Waals surface area contributed by atoms with Crippen LogP contribution in [0.2, 0.25) is 5.02 Å². The molecule has 0 aliphatic heterocycles. The van der Waals surface area contributed by atoms with Crippen molar-refractivity contribution in [3.05, 3.63) is 83.4 Å². The van der Waals surface area contributed by atoms with Crippen LogP contribution in [0.5, 0.6) is 11.5 Å². The summed E-state index contributed by atoms with van der Waals surface area (Å²) in [7, 11) is 0. The number of rotatable bonds is 12. The third kappa shape index (κ3) is 6.58. The first-order valence-corrected chi connectivity index (χ1v) is 12.5. The van der Waals surface area contributed by atoms with Gasteiger partial charge in [-0.15, -0.1) is 0 Å². The normalized spacial score (nSPS) is 11.4. The Morgan fingerprint density at radius 1 is 1.00 bits per heavy atom. The number of hydrogen-bond donors (Lipinski definition) is 0. The molecule has 0 unspecified atom stereocenters. The molecule has 36 heavy (non-hydrogen) atoms. The molecule has 0 spiro atoms. The zero-order valence-electron chi connectivity index (χ0n) is 20.9. The molecule has 0 saturated heterocycles. The monoisotopic (exact) mass is 506 g/mol. The molecule has 1 aromatic heterocycles. The fourth-order valence-electron chi connectivity index (χ4n) is 3.72. The molecular formula is C29H31ClN2O4. The maximum absolute atomic E-state index is 12.0. The zero-order chi connectivity index (χ0) is 25.5. The third-order valence-electron chi connectivity index (χ3n) is 6.06. The molecule has 4 aromatic rings. The number of ketones is 1. The molecule has 7 heteroatoms. The second-order valence-corrected chi connectivity index (χ2v) is 9.57. The Labute approximate surface area is 216 Å². The summed E-state index contributed by atoms with van der Waals surface area (Å²) in [6.07, 6.45) is 1.61. The Bertz CT molecular complexity index is 1270. The molecule has 0 aliphatic rings. The van der Waals surface area contributed by atoms with Crippen LogP contribution in [-0.4, -0.2) is 36.1 Å². The summed E-state index contributed by atoms with van der Waals surface area (Å²) >= 11 is 5.97. The molecule has 188 valence electrons. The maximum Gasteiger partial charge on any atom is 0.298 e. The smallest absolute Gasteiger partial charge is 0.298 e. The van der Waals surface area contributed by atoms with Gasteiger partial charge in [0.25, 0.3) is 6.01 Å². The van der Waals surface area contributed by atoms with Gasteiger partial charge in [0.2, 0.25) is 0 Å². The highest BCUT2D eigenvalue weighted by molar-refractivity contribution is 6.30. The average molecular weight is 507 g/mol. The van der Waals surface area contributed by atoms with E-state index in [-0.39, 0.29) is 5.78 Å². The van der Waals surface area contributed by atoms with Gasteiger partial charge < -0.3 is 18.8 Å². The van der Waals surface area contributed by atoms with E-state index >= 15 is 0 Å². The summed E-state index contributed by atoms with van der Waals surface area (Å²) in [6.45, 7) is 6.91. The lowest BCUT2D eigenvalue weighted by molar-refractivity contribution is -0.129. The van der Waals surface area contributed by atoms with Crippen molar-refractivity contribution in [2.24, 2.45) is 0 Å². The molecule has 0 amide bonds. The van der Waals surface area contributed by atoms with E-state index in [1.165, 1.54) is 0 Å². The summed E-state index contributed by atoms with van der Waals surface area (Å²) in [5.74, 6) is 1.48. The lowest BCUT2D eigenvalue weighted by atomic mass is 10.0. The summed E-state index contributed by atoms with van der Waals surface area (Å²) in [5, 5.41) is 0.673. The number of aryl methyl sites for hydroxylation is 1. The Hall–Kier alpha value is -3.51. The lowest BCUT2D eigenvalue weighted by Gasteiger charge is -2.25. The molecule has 0 aliphatic carbocycles. The van der Waals surface area contributed by atoms with Crippen LogP contribution in [0.25, 0.3) is 11.1 Å². The highest BCUT2D eigenvalue weighted by Crippen LogP contribution is 2.26. The highest BCUT2D eigenvalue weighted by Gasteiger charge is 2.26. The summed E-state index contributed by atoms with van der Waals surface area (Å²) in [5.41, 5.74) is 1.75. The Balaban J connectivity index is 1.44. The van der Waals surface area contributed by atoms with Crippen molar-refractivity contribution < 1.29 is 18.7 Å². The SMILES string of the molecule is CC(=O)C(C)(C)Oc1ccccc1CCCN(CCOc1ccc(Cl)cc1)c1nc2ccccc2o1. The number of nitrogens with zero attached hydrogens (tertiary/aromatic N) is 2. The molecule has 0 saturated carbocycles. The van der Waals surface area contributed by atoms with Crippen molar-refractivity contribution in [3.63, 3.8) is 0 Å². The Kier molecular flexibility index (Phi) is 8.16. The Morgan fingerprint density at radius 3 is 2.47 bits per heavy atom. The van der Waals surface area contributed by atoms with Crippen molar-refractivity contribution in [3.8, 4) is 11.5 Å².